The van der Waals surface area contributed by atoms with Crippen LogP contribution < -0.4 is 4.90 Å². The van der Waals surface area contributed by atoms with Gasteiger partial charge in [-0.15, -0.1) is 13.2 Å². The van der Waals surface area contributed by atoms with Crippen LogP contribution in [0.5, 0.6) is 0 Å². The maximum atomic E-state index is 13.3. The molecular weight excluding hydrogens is 352 g/mol. The Morgan fingerprint density at radius 2 is 1.86 bits per heavy atom. The number of rotatable bonds is 6. The Morgan fingerprint density at radius 3 is 2.46 bits per heavy atom. The number of hydrogen-bond acceptors (Lipinski definition) is 3. The molecule has 28 heavy (non-hydrogen) atoms. The first-order chi connectivity index (χ1) is 13.2. The fourth-order valence-electron chi connectivity index (χ4n) is 4.58. The van der Waals surface area contributed by atoms with Gasteiger partial charge in [0.2, 0.25) is 11.8 Å². The van der Waals surface area contributed by atoms with Crippen molar-refractivity contribution in [3.63, 3.8) is 0 Å². The van der Waals surface area contributed by atoms with Gasteiger partial charge in [-0.1, -0.05) is 39.0 Å². The van der Waals surface area contributed by atoms with Gasteiger partial charge in [0, 0.05) is 24.6 Å². The van der Waals surface area contributed by atoms with Crippen LogP contribution in [0.15, 0.2) is 49.6 Å². The molecule has 2 aliphatic rings. The summed E-state index contributed by atoms with van der Waals surface area (Å²) in [4.78, 5) is 42.3. The number of benzene rings is 1. The van der Waals surface area contributed by atoms with Gasteiger partial charge in [0.1, 0.15) is 0 Å². The highest BCUT2D eigenvalue weighted by atomic mass is 16.2. The van der Waals surface area contributed by atoms with Crippen molar-refractivity contribution in [2.24, 2.45) is 16.7 Å². The number of amides is 3. The van der Waals surface area contributed by atoms with Crippen molar-refractivity contribution in [1.82, 2.24) is 4.90 Å². The van der Waals surface area contributed by atoms with Gasteiger partial charge in [0.15, 0.2) is 0 Å². The van der Waals surface area contributed by atoms with E-state index in [1.54, 1.807) is 41.3 Å². The second-order valence-electron chi connectivity index (χ2n) is 8.46. The third kappa shape index (κ3) is 2.81. The van der Waals surface area contributed by atoms with Gasteiger partial charge in [-0.25, -0.2) is 4.90 Å². The average molecular weight is 380 g/mol. The molecule has 1 aromatic carbocycles. The van der Waals surface area contributed by atoms with Crippen molar-refractivity contribution in [1.29, 1.82) is 0 Å². The summed E-state index contributed by atoms with van der Waals surface area (Å²) in [5.74, 6) is -0.709. The van der Waals surface area contributed by atoms with E-state index in [9.17, 15) is 14.4 Å². The minimum Gasteiger partial charge on any atom is -0.331 e. The Bertz CT molecular complexity index is 847. The van der Waals surface area contributed by atoms with Crippen molar-refractivity contribution < 1.29 is 14.4 Å². The molecule has 1 aliphatic carbocycles. The van der Waals surface area contributed by atoms with E-state index in [0.717, 1.165) is 6.42 Å². The molecule has 1 aliphatic heterocycles. The molecule has 1 saturated carbocycles. The van der Waals surface area contributed by atoms with Crippen LogP contribution in [0.25, 0.3) is 0 Å². The quantitative estimate of drug-likeness (QED) is 0.557. The van der Waals surface area contributed by atoms with Gasteiger partial charge >= 0.3 is 0 Å². The maximum Gasteiger partial charge on any atom is 0.254 e. The van der Waals surface area contributed by atoms with E-state index in [1.165, 1.54) is 4.90 Å². The molecule has 148 valence electrons. The fraction of sp³-hybridized carbons (Fsp3) is 0.435. The predicted molar refractivity (Wildman–Crippen MR) is 110 cm³/mol. The lowest BCUT2D eigenvalue weighted by molar-refractivity contribution is -0.146. The molecule has 0 unspecified atom stereocenters. The van der Waals surface area contributed by atoms with Crippen LogP contribution in [0.1, 0.15) is 44.0 Å². The van der Waals surface area contributed by atoms with Crippen molar-refractivity contribution >= 4 is 23.4 Å². The lowest BCUT2D eigenvalue weighted by Crippen LogP contribution is -2.59. The number of carbonyl (C=O) groups is 3. The molecule has 0 aromatic heterocycles. The maximum absolute atomic E-state index is 13.3. The molecule has 5 nitrogen and oxygen atoms in total. The van der Waals surface area contributed by atoms with E-state index in [0.29, 0.717) is 30.8 Å². The van der Waals surface area contributed by atoms with Crippen LogP contribution in [-0.2, 0) is 9.59 Å². The smallest absolute Gasteiger partial charge is 0.254 e. The van der Waals surface area contributed by atoms with Crippen molar-refractivity contribution in [3.05, 3.63) is 55.1 Å². The van der Waals surface area contributed by atoms with Gasteiger partial charge in [-0.05, 0) is 36.5 Å². The van der Waals surface area contributed by atoms with Gasteiger partial charge in [-0.2, -0.15) is 0 Å². The van der Waals surface area contributed by atoms with E-state index in [-0.39, 0.29) is 29.1 Å². The first-order valence-electron chi connectivity index (χ1n) is 9.68. The van der Waals surface area contributed by atoms with Crippen LogP contribution in [-0.4, -0.2) is 35.7 Å². The number of imide groups is 1. The fourth-order valence-corrected chi connectivity index (χ4v) is 4.58. The zero-order valence-corrected chi connectivity index (χ0v) is 16.9. The lowest BCUT2D eigenvalue weighted by Gasteiger charge is -2.47. The zero-order chi connectivity index (χ0) is 20.7. The Balaban J connectivity index is 1.97. The number of carbonyl (C=O) groups excluding carboxylic acids is 3. The van der Waals surface area contributed by atoms with E-state index in [4.69, 9.17) is 0 Å². The molecule has 3 amide bonds. The SMILES string of the molecule is C=CCN(CC=C)C(=O)c1cccc(N2C(=O)[C@H]3CC[C@@](C)(C2=O)C3(C)C)c1. The Kier molecular flexibility index (Phi) is 5.04. The Labute approximate surface area is 166 Å². The van der Waals surface area contributed by atoms with E-state index in [1.807, 2.05) is 20.8 Å². The third-order valence-electron chi connectivity index (χ3n) is 6.76. The molecule has 0 radical (unpaired) electrons. The number of hydrogen-bond donors (Lipinski definition) is 0. The molecule has 2 bridgehead atoms. The second-order valence-corrected chi connectivity index (χ2v) is 8.46. The molecule has 1 saturated heterocycles. The normalized spacial score (nSPS) is 25.5. The lowest BCUT2D eigenvalue weighted by atomic mass is 9.62. The monoisotopic (exact) mass is 380 g/mol. The summed E-state index contributed by atoms with van der Waals surface area (Å²) in [6.07, 6.45) is 4.74. The van der Waals surface area contributed by atoms with Crippen LogP contribution >= 0.6 is 0 Å². The first kappa shape index (κ1) is 20.1. The molecule has 5 heteroatoms. The minimum atomic E-state index is -0.580. The largest absolute Gasteiger partial charge is 0.331 e. The summed E-state index contributed by atoms with van der Waals surface area (Å²) in [5, 5.41) is 0. The van der Waals surface area contributed by atoms with Gasteiger partial charge in [0.25, 0.3) is 5.91 Å². The summed E-state index contributed by atoms with van der Waals surface area (Å²) in [5.41, 5.74) is -0.0465. The number of nitrogens with zero attached hydrogens (tertiary/aromatic N) is 2. The third-order valence-corrected chi connectivity index (χ3v) is 6.76. The Morgan fingerprint density at radius 1 is 1.21 bits per heavy atom. The summed E-state index contributed by atoms with van der Waals surface area (Å²) in [6, 6.07) is 6.77. The Hall–Kier alpha value is -2.69. The molecular formula is C23H28N2O3. The highest BCUT2D eigenvalue weighted by molar-refractivity contribution is 6.20. The van der Waals surface area contributed by atoms with Crippen LogP contribution in [0.4, 0.5) is 5.69 Å². The minimum absolute atomic E-state index is 0.163. The van der Waals surface area contributed by atoms with Gasteiger partial charge < -0.3 is 4.90 Å². The van der Waals surface area contributed by atoms with E-state index < -0.39 is 5.41 Å². The van der Waals surface area contributed by atoms with Crippen molar-refractivity contribution in [3.8, 4) is 0 Å². The number of piperidine rings is 1. The number of anilines is 1. The van der Waals surface area contributed by atoms with Gasteiger partial charge in [-0.3, -0.25) is 14.4 Å². The molecule has 2 atom stereocenters. The molecule has 1 heterocycles. The predicted octanol–water partition coefficient (Wildman–Crippen LogP) is 3.82. The summed E-state index contributed by atoms with van der Waals surface area (Å²) >= 11 is 0. The second kappa shape index (κ2) is 7.04. The van der Waals surface area contributed by atoms with Crippen LogP contribution in [0.2, 0.25) is 0 Å². The standard InChI is InChI=1S/C23H28N2O3/c1-6-13-24(14-7-2)19(26)16-9-8-10-17(15-16)25-20(27)18-11-12-23(5,21(25)28)22(18,3)4/h6-10,15,18H,1-2,11-14H2,3-5H3/t18-,23+/m1/s1. The molecule has 0 N–H and O–H groups in total. The van der Waals surface area contributed by atoms with Crippen LogP contribution in [0.3, 0.4) is 0 Å². The zero-order valence-electron chi connectivity index (χ0n) is 16.9. The summed E-state index contributed by atoms with van der Waals surface area (Å²) < 4.78 is 0. The highest BCUT2D eigenvalue weighted by Crippen LogP contribution is 2.60. The van der Waals surface area contributed by atoms with Gasteiger partial charge in [0.05, 0.1) is 11.1 Å². The van der Waals surface area contributed by atoms with Crippen LogP contribution in [0, 0.1) is 16.7 Å². The highest BCUT2D eigenvalue weighted by Gasteiger charge is 2.64. The van der Waals surface area contributed by atoms with E-state index >= 15 is 0 Å². The van der Waals surface area contributed by atoms with E-state index in [2.05, 4.69) is 13.2 Å². The first-order valence-corrected chi connectivity index (χ1v) is 9.68. The summed E-state index contributed by atoms with van der Waals surface area (Å²) in [7, 11) is 0. The average Bonchev–Trinajstić information content (AvgIpc) is 2.84. The topological polar surface area (TPSA) is 57.7 Å². The molecule has 1 aromatic rings. The molecule has 0 spiro atoms. The molecule has 2 fully saturated rings. The van der Waals surface area contributed by atoms with Crippen molar-refractivity contribution in [2.75, 3.05) is 18.0 Å². The number of fused-ring (bicyclic) bond motifs is 2. The molecule has 3 rings (SSSR count). The van der Waals surface area contributed by atoms with Crippen molar-refractivity contribution in [2.45, 2.75) is 33.6 Å². The summed E-state index contributed by atoms with van der Waals surface area (Å²) in [6.45, 7) is 14.2.